The van der Waals surface area contributed by atoms with Crippen LogP contribution in [0.1, 0.15) is 39.5 Å². The zero-order valence-electron chi connectivity index (χ0n) is 12.7. The van der Waals surface area contributed by atoms with Crippen molar-refractivity contribution in [3.05, 3.63) is 29.3 Å². The molecule has 3 unspecified atom stereocenters. The summed E-state index contributed by atoms with van der Waals surface area (Å²) in [5.74, 6) is 0.488. The van der Waals surface area contributed by atoms with Crippen molar-refractivity contribution in [2.75, 3.05) is 6.54 Å². The van der Waals surface area contributed by atoms with Gasteiger partial charge in [-0.1, -0.05) is 44.0 Å². The van der Waals surface area contributed by atoms with Gasteiger partial charge in [-0.3, -0.25) is 0 Å². The summed E-state index contributed by atoms with van der Waals surface area (Å²) in [6.45, 7) is 4.94. The van der Waals surface area contributed by atoms with Crippen LogP contribution in [-0.2, 0) is 9.84 Å². The number of benzene rings is 1. The molecule has 21 heavy (non-hydrogen) atoms. The molecular formula is C16H24ClNO2S. The van der Waals surface area contributed by atoms with Crippen molar-refractivity contribution in [2.24, 2.45) is 5.92 Å². The molecule has 0 amide bonds. The van der Waals surface area contributed by atoms with Crippen molar-refractivity contribution in [3.63, 3.8) is 0 Å². The molecule has 1 fully saturated rings. The van der Waals surface area contributed by atoms with Crippen molar-refractivity contribution in [3.8, 4) is 0 Å². The molecule has 0 saturated heterocycles. The fourth-order valence-electron chi connectivity index (χ4n) is 3.26. The Balaban J connectivity index is 2.36. The second-order valence-corrected chi connectivity index (χ2v) is 8.31. The predicted octanol–water partition coefficient (Wildman–Crippen LogP) is 3.67. The molecule has 2 rings (SSSR count). The minimum atomic E-state index is -3.40. The van der Waals surface area contributed by atoms with E-state index in [1.807, 2.05) is 6.92 Å². The molecule has 5 heteroatoms. The Morgan fingerprint density at radius 2 is 1.95 bits per heavy atom. The molecule has 0 aromatic heterocycles. The van der Waals surface area contributed by atoms with Crippen molar-refractivity contribution < 1.29 is 8.42 Å². The number of rotatable bonds is 5. The van der Waals surface area contributed by atoms with E-state index in [-0.39, 0.29) is 16.2 Å². The van der Waals surface area contributed by atoms with Gasteiger partial charge in [-0.15, -0.1) is 0 Å². The third-order valence-corrected chi connectivity index (χ3v) is 7.21. The molecule has 1 aliphatic carbocycles. The summed E-state index contributed by atoms with van der Waals surface area (Å²) in [5.41, 5.74) is 0. The van der Waals surface area contributed by atoms with E-state index in [0.29, 0.717) is 10.9 Å². The molecular weight excluding hydrogens is 306 g/mol. The van der Waals surface area contributed by atoms with Gasteiger partial charge in [0.1, 0.15) is 0 Å². The van der Waals surface area contributed by atoms with E-state index < -0.39 is 9.84 Å². The lowest BCUT2D eigenvalue weighted by molar-refractivity contribution is 0.290. The van der Waals surface area contributed by atoms with E-state index >= 15 is 0 Å². The minimum absolute atomic E-state index is 0.0269. The number of halogens is 1. The molecule has 0 heterocycles. The first kappa shape index (κ1) is 16.8. The first-order chi connectivity index (χ1) is 10.0. The summed E-state index contributed by atoms with van der Waals surface area (Å²) < 4.78 is 26.1. The monoisotopic (exact) mass is 329 g/mol. The quantitative estimate of drug-likeness (QED) is 0.896. The van der Waals surface area contributed by atoms with Crippen LogP contribution in [0.2, 0.25) is 5.02 Å². The molecule has 1 aliphatic rings. The van der Waals surface area contributed by atoms with E-state index in [9.17, 15) is 8.42 Å². The van der Waals surface area contributed by atoms with Gasteiger partial charge in [-0.05, 0) is 43.9 Å². The van der Waals surface area contributed by atoms with Gasteiger partial charge in [0, 0.05) is 6.04 Å². The molecule has 3 atom stereocenters. The molecule has 0 bridgehead atoms. The number of hydrogen-bond donors (Lipinski definition) is 1. The van der Waals surface area contributed by atoms with Gasteiger partial charge in [-0.25, -0.2) is 8.42 Å². The Bertz CT molecular complexity index is 573. The first-order valence-corrected chi connectivity index (χ1v) is 9.64. The van der Waals surface area contributed by atoms with Crippen LogP contribution in [0, 0.1) is 5.92 Å². The van der Waals surface area contributed by atoms with Crippen molar-refractivity contribution in [2.45, 2.75) is 55.7 Å². The molecule has 1 aromatic carbocycles. The second-order valence-electron chi connectivity index (χ2n) is 5.77. The van der Waals surface area contributed by atoms with E-state index in [0.717, 1.165) is 32.2 Å². The molecule has 3 nitrogen and oxygen atoms in total. The Labute approximate surface area is 133 Å². The van der Waals surface area contributed by atoms with Crippen molar-refractivity contribution in [1.82, 2.24) is 5.32 Å². The van der Waals surface area contributed by atoms with Crippen LogP contribution in [0.15, 0.2) is 29.2 Å². The zero-order valence-corrected chi connectivity index (χ0v) is 14.3. The summed E-state index contributed by atoms with van der Waals surface area (Å²) in [6, 6.07) is 6.80. The standard InChI is InChI=1S/C16H24ClNO2S/c1-3-12-9-10-14(18-4-2)16(11-12)21(19,20)15-8-6-5-7-13(15)17/h5-8,12,14,16,18H,3-4,9-11H2,1-2H3. The highest BCUT2D eigenvalue weighted by Gasteiger charge is 2.39. The third kappa shape index (κ3) is 3.61. The van der Waals surface area contributed by atoms with Crippen LogP contribution in [-0.4, -0.2) is 26.3 Å². The molecule has 0 aliphatic heterocycles. The molecule has 1 saturated carbocycles. The highest BCUT2D eigenvalue weighted by molar-refractivity contribution is 7.92. The van der Waals surface area contributed by atoms with Crippen molar-refractivity contribution >= 4 is 21.4 Å². The van der Waals surface area contributed by atoms with E-state index in [2.05, 4.69) is 12.2 Å². The van der Waals surface area contributed by atoms with Gasteiger partial charge in [0.25, 0.3) is 0 Å². The van der Waals surface area contributed by atoms with Crippen LogP contribution in [0.4, 0.5) is 0 Å². The molecule has 1 N–H and O–H groups in total. The lowest BCUT2D eigenvalue weighted by Gasteiger charge is -2.36. The second kappa shape index (κ2) is 7.12. The van der Waals surface area contributed by atoms with Gasteiger partial charge >= 0.3 is 0 Å². The van der Waals surface area contributed by atoms with Crippen LogP contribution >= 0.6 is 11.6 Å². The fraction of sp³-hybridized carbons (Fsp3) is 0.625. The van der Waals surface area contributed by atoms with Crippen LogP contribution in [0.25, 0.3) is 0 Å². The highest BCUT2D eigenvalue weighted by atomic mass is 35.5. The maximum absolute atomic E-state index is 13.0. The lowest BCUT2D eigenvalue weighted by atomic mass is 9.84. The maximum Gasteiger partial charge on any atom is 0.184 e. The molecule has 0 spiro atoms. The smallest absolute Gasteiger partial charge is 0.184 e. The average Bonchev–Trinajstić information content (AvgIpc) is 2.48. The topological polar surface area (TPSA) is 46.2 Å². The normalized spacial score (nSPS) is 26.7. The summed E-state index contributed by atoms with van der Waals surface area (Å²) in [7, 11) is -3.40. The number of nitrogens with one attached hydrogen (secondary N) is 1. The van der Waals surface area contributed by atoms with Crippen molar-refractivity contribution in [1.29, 1.82) is 0 Å². The predicted molar refractivity (Wildman–Crippen MR) is 87.5 cm³/mol. The van der Waals surface area contributed by atoms with E-state index in [1.165, 1.54) is 0 Å². The summed E-state index contributed by atoms with van der Waals surface area (Å²) >= 11 is 6.12. The zero-order chi connectivity index (χ0) is 15.5. The maximum atomic E-state index is 13.0. The molecule has 0 radical (unpaired) electrons. The van der Waals surface area contributed by atoms with Gasteiger partial charge in [-0.2, -0.15) is 0 Å². The Morgan fingerprint density at radius 3 is 2.57 bits per heavy atom. The Morgan fingerprint density at radius 1 is 1.24 bits per heavy atom. The first-order valence-electron chi connectivity index (χ1n) is 7.72. The van der Waals surface area contributed by atoms with Crippen LogP contribution in [0.5, 0.6) is 0 Å². The highest BCUT2D eigenvalue weighted by Crippen LogP contribution is 2.35. The summed E-state index contributed by atoms with van der Waals surface area (Å²) in [4.78, 5) is 0.274. The Kier molecular flexibility index (Phi) is 5.69. The largest absolute Gasteiger partial charge is 0.313 e. The van der Waals surface area contributed by atoms with Gasteiger partial charge < -0.3 is 5.32 Å². The minimum Gasteiger partial charge on any atom is -0.313 e. The van der Waals surface area contributed by atoms with Gasteiger partial charge in [0.05, 0.1) is 15.2 Å². The molecule has 1 aromatic rings. The third-order valence-electron chi connectivity index (χ3n) is 4.49. The van der Waals surface area contributed by atoms with Crippen LogP contribution < -0.4 is 5.32 Å². The summed E-state index contributed by atoms with van der Waals surface area (Å²) in [6.07, 6.45) is 3.78. The summed E-state index contributed by atoms with van der Waals surface area (Å²) in [5, 5.41) is 3.30. The SMILES string of the molecule is CCNC1CCC(CC)CC1S(=O)(=O)c1ccccc1Cl. The van der Waals surface area contributed by atoms with E-state index in [1.54, 1.807) is 24.3 Å². The number of sulfone groups is 1. The van der Waals surface area contributed by atoms with E-state index in [4.69, 9.17) is 11.6 Å². The number of hydrogen-bond acceptors (Lipinski definition) is 3. The lowest BCUT2D eigenvalue weighted by Crippen LogP contribution is -2.48. The molecule has 118 valence electrons. The van der Waals surface area contributed by atoms with Gasteiger partial charge in [0.15, 0.2) is 9.84 Å². The van der Waals surface area contributed by atoms with Gasteiger partial charge in [0.2, 0.25) is 0 Å². The van der Waals surface area contributed by atoms with Crippen LogP contribution in [0.3, 0.4) is 0 Å². The fourth-order valence-corrected chi connectivity index (χ4v) is 5.84. The Hall–Kier alpha value is -0.580. The average molecular weight is 330 g/mol.